The Morgan fingerprint density at radius 2 is 2.00 bits per heavy atom. The van der Waals surface area contributed by atoms with E-state index in [-0.39, 0.29) is 6.04 Å². The normalized spacial score (nSPS) is 12.2. The Balaban J connectivity index is 2.31. The molecule has 5 nitrogen and oxygen atoms in total. The topological polar surface area (TPSA) is 62.7 Å². The summed E-state index contributed by atoms with van der Waals surface area (Å²) in [5, 5.41) is 9.79. The molecule has 21 heavy (non-hydrogen) atoms. The van der Waals surface area contributed by atoms with Crippen molar-refractivity contribution in [3.63, 3.8) is 0 Å². The summed E-state index contributed by atoms with van der Waals surface area (Å²) in [4.78, 5) is 13.7. The number of hydrogen-bond donors (Lipinski definition) is 2. The molecule has 2 rings (SSSR count). The summed E-state index contributed by atoms with van der Waals surface area (Å²) in [5.74, 6) is 2.67. The summed E-state index contributed by atoms with van der Waals surface area (Å²) in [7, 11) is 1.90. The van der Waals surface area contributed by atoms with Crippen LogP contribution in [0.15, 0.2) is 11.6 Å². The van der Waals surface area contributed by atoms with Gasteiger partial charge < -0.3 is 10.6 Å². The highest BCUT2D eigenvalue weighted by molar-refractivity contribution is 7.09. The predicted molar refractivity (Wildman–Crippen MR) is 89.1 cm³/mol. The minimum absolute atomic E-state index is 0.192. The number of hydrogen-bond acceptors (Lipinski definition) is 6. The van der Waals surface area contributed by atoms with Gasteiger partial charge in [-0.1, -0.05) is 13.8 Å². The van der Waals surface area contributed by atoms with Gasteiger partial charge in [0.05, 0.1) is 6.04 Å². The van der Waals surface area contributed by atoms with E-state index in [2.05, 4.69) is 39.4 Å². The van der Waals surface area contributed by atoms with Crippen LogP contribution in [0.4, 0.5) is 11.6 Å². The highest BCUT2D eigenvalue weighted by Crippen LogP contribution is 2.27. The smallest absolute Gasteiger partial charge is 0.135 e. The van der Waals surface area contributed by atoms with Gasteiger partial charge in [0.15, 0.2) is 0 Å². The fourth-order valence-electron chi connectivity index (χ4n) is 2.19. The number of nitrogens with zero attached hydrogens (tertiary/aromatic N) is 3. The van der Waals surface area contributed by atoms with Crippen molar-refractivity contribution in [3.05, 3.63) is 28.0 Å². The Labute approximate surface area is 130 Å². The van der Waals surface area contributed by atoms with Gasteiger partial charge >= 0.3 is 0 Å². The quantitative estimate of drug-likeness (QED) is 0.814. The first-order valence-corrected chi connectivity index (χ1v) is 8.28. The Hall–Kier alpha value is -1.69. The summed E-state index contributed by atoms with van der Waals surface area (Å²) in [6, 6.07) is 0.192. The maximum Gasteiger partial charge on any atom is 0.135 e. The standard InChI is InChI=1S/C15H23N5S/c1-5-7-12-19-13(16-4)10(3)14(20-12)18-11(6-2)15-17-8-9-21-15/h8-9,11H,5-7H2,1-4H3,(H2,16,18,19,20). The number of rotatable bonds is 7. The van der Waals surface area contributed by atoms with Crippen molar-refractivity contribution in [2.45, 2.75) is 46.1 Å². The fraction of sp³-hybridized carbons (Fsp3) is 0.533. The second-order valence-corrected chi connectivity index (χ2v) is 5.86. The number of aromatic nitrogens is 3. The zero-order chi connectivity index (χ0) is 15.2. The van der Waals surface area contributed by atoms with Crippen molar-refractivity contribution in [2.75, 3.05) is 17.7 Å². The van der Waals surface area contributed by atoms with Crippen LogP contribution in [-0.2, 0) is 6.42 Å². The lowest BCUT2D eigenvalue weighted by Gasteiger charge is -2.19. The predicted octanol–water partition coefficient (Wildman–Crippen LogP) is 3.80. The first kappa shape index (κ1) is 15.7. The third kappa shape index (κ3) is 3.69. The Kier molecular flexibility index (Phi) is 5.50. The molecule has 1 atom stereocenters. The van der Waals surface area contributed by atoms with Gasteiger partial charge in [0.2, 0.25) is 0 Å². The summed E-state index contributed by atoms with van der Waals surface area (Å²) in [6.07, 6.45) is 4.74. The van der Waals surface area contributed by atoms with Crippen LogP contribution in [0, 0.1) is 6.92 Å². The van der Waals surface area contributed by atoms with Gasteiger partial charge in [-0.2, -0.15) is 0 Å². The number of anilines is 2. The van der Waals surface area contributed by atoms with E-state index in [1.165, 1.54) is 0 Å². The van der Waals surface area contributed by atoms with Crippen molar-refractivity contribution in [1.82, 2.24) is 15.0 Å². The van der Waals surface area contributed by atoms with Gasteiger partial charge in [0.1, 0.15) is 22.5 Å². The van der Waals surface area contributed by atoms with E-state index in [4.69, 9.17) is 0 Å². The van der Waals surface area contributed by atoms with Crippen LogP contribution in [0.2, 0.25) is 0 Å². The molecule has 0 saturated carbocycles. The highest BCUT2D eigenvalue weighted by Gasteiger charge is 2.16. The lowest BCUT2D eigenvalue weighted by molar-refractivity contribution is 0.731. The van der Waals surface area contributed by atoms with Gasteiger partial charge in [-0.15, -0.1) is 11.3 Å². The molecule has 114 valence electrons. The maximum absolute atomic E-state index is 4.68. The van der Waals surface area contributed by atoms with Crippen LogP contribution in [0.5, 0.6) is 0 Å². The molecule has 0 aliphatic carbocycles. The second kappa shape index (κ2) is 7.36. The minimum atomic E-state index is 0.192. The zero-order valence-corrected chi connectivity index (χ0v) is 13.9. The van der Waals surface area contributed by atoms with Crippen LogP contribution in [0.25, 0.3) is 0 Å². The molecule has 0 aliphatic rings. The van der Waals surface area contributed by atoms with E-state index in [0.29, 0.717) is 0 Å². The van der Waals surface area contributed by atoms with Crippen LogP contribution in [-0.4, -0.2) is 22.0 Å². The number of thiazole rings is 1. The molecule has 0 radical (unpaired) electrons. The average molecular weight is 305 g/mol. The van der Waals surface area contributed by atoms with Gasteiger partial charge in [-0.05, 0) is 19.8 Å². The van der Waals surface area contributed by atoms with Crippen molar-refractivity contribution in [2.24, 2.45) is 0 Å². The highest BCUT2D eigenvalue weighted by atomic mass is 32.1. The maximum atomic E-state index is 4.68. The lowest BCUT2D eigenvalue weighted by Crippen LogP contribution is -2.14. The summed E-state index contributed by atoms with van der Waals surface area (Å²) in [6.45, 7) is 6.33. The molecule has 2 aromatic heterocycles. The largest absolute Gasteiger partial charge is 0.373 e. The van der Waals surface area contributed by atoms with E-state index in [1.807, 2.05) is 25.5 Å². The van der Waals surface area contributed by atoms with E-state index in [0.717, 1.165) is 47.3 Å². The van der Waals surface area contributed by atoms with Crippen molar-refractivity contribution >= 4 is 23.0 Å². The Morgan fingerprint density at radius 1 is 1.24 bits per heavy atom. The van der Waals surface area contributed by atoms with E-state index < -0.39 is 0 Å². The molecular formula is C15H23N5S. The van der Waals surface area contributed by atoms with Gasteiger partial charge in [-0.25, -0.2) is 15.0 Å². The molecule has 0 aromatic carbocycles. The average Bonchev–Trinajstić information content (AvgIpc) is 3.01. The summed E-state index contributed by atoms with van der Waals surface area (Å²) in [5.41, 5.74) is 1.05. The molecule has 2 aromatic rings. The molecule has 0 amide bonds. The van der Waals surface area contributed by atoms with Crippen molar-refractivity contribution in [3.8, 4) is 0 Å². The van der Waals surface area contributed by atoms with Crippen molar-refractivity contribution < 1.29 is 0 Å². The van der Waals surface area contributed by atoms with Gasteiger partial charge in [0.25, 0.3) is 0 Å². The van der Waals surface area contributed by atoms with E-state index >= 15 is 0 Å². The molecule has 1 unspecified atom stereocenters. The first-order chi connectivity index (χ1) is 10.2. The molecule has 0 fully saturated rings. The molecule has 0 spiro atoms. The molecule has 0 bridgehead atoms. The molecule has 2 heterocycles. The van der Waals surface area contributed by atoms with Crippen LogP contribution >= 0.6 is 11.3 Å². The molecule has 2 N–H and O–H groups in total. The minimum Gasteiger partial charge on any atom is -0.373 e. The fourth-order valence-corrected chi connectivity index (χ4v) is 2.97. The van der Waals surface area contributed by atoms with Crippen molar-refractivity contribution in [1.29, 1.82) is 0 Å². The summed E-state index contributed by atoms with van der Waals surface area (Å²) >= 11 is 1.67. The zero-order valence-electron chi connectivity index (χ0n) is 13.1. The lowest BCUT2D eigenvalue weighted by atomic mass is 10.2. The Bertz CT molecular complexity index is 568. The molecule has 0 aliphatic heterocycles. The second-order valence-electron chi connectivity index (χ2n) is 4.94. The number of nitrogens with one attached hydrogen (secondary N) is 2. The number of aryl methyl sites for hydroxylation is 1. The third-order valence-electron chi connectivity index (χ3n) is 3.37. The van der Waals surface area contributed by atoms with Crippen LogP contribution < -0.4 is 10.6 Å². The molecule has 0 saturated heterocycles. The monoisotopic (exact) mass is 305 g/mol. The third-order valence-corrected chi connectivity index (χ3v) is 4.26. The van der Waals surface area contributed by atoms with E-state index in [1.54, 1.807) is 11.3 Å². The Morgan fingerprint density at radius 3 is 2.57 bits per heavy atom. The SMILES string of the molecule is CCCc1nc(NC)c(C)c(NC(CC)c2nccs2)n1. The first-order valence-electron chi connectivity index (χ1n) is 7.40. The molecule has 6 heteroatoms. The van der Waals surface area contributed by atoms with Gasteiger partial charge in [-0.3, -0.25) is 0 Å². The summed E-state index contributed by atoms with van der Waals surface area (Å²) < 4.78 is 0. The van der Waals surface area contributed by atoms with Crippen LogP contribution in [0.3, 0.4) is 0 Å². The van der Waals surface area contributed by atoms with Crippen LogP contribution in [0.1, 0.15) is 49.1 Å². The molecular weight excluding hydrogens is 282 g/mol. The van der Waals surface area contributed by atoms with E-state index in [9.17, 15) is 0 Å². The van der Waals surface area contributed by atoms with Gasteiger partial charge in [0, 0.05) is 30.6 Å².